The fraction of sp³-hybridized carbons (Fsp3) is 0.429. The van der Waals surface area contributed by atoms with Gasteiger partial charge in [0.25, 0.3) is 0 Å². The number of hydrogen-bond acceptors (Lipinski definition) is 3. The van der Waals surface area contributed by atoms with Crippen LogP contribution in [0.1, 0.15) is 19.4 Å². The monoisotopic (exact) mass is 327 g/mol. The number of carbonyl (C=O) groups is 2. The molecule has 0 bridgehead atoms. The van der Waals surface area contributed by atoms with E-state index in [0.29, 0.717) is 6.54 Å². The standard InChI is InChI=1S/C14H18BrNO3/c1-9(2)12(14(18)19-3)13(17)16-8-10-5-4-6-11(15)7-10/h4-7,9,12H,8H2,1-3H3,(H,16,17). The number of halogens is 1. The number of rotatable bonds is 5. The summed E-state index contributed by atoms with van der Waals surface area (Å²) in [7, 11) is 1.29. The van der Waals surface area contributed by atoms with Crippen LogP contribution in [0.5, 0.6) is 0 Å². The molecule has 104 valence electrons. The zero-order valence-electron chi connectivity index (χ0n) is 11.3. The minimum absolute atomic E-state index is 0.102. The van der Waals surface area contributed by atoms with E-state index in [1.165, 1.54) is 7.11 Å². The van der Waals surface area contributed by atoms with Gasteiger partial charge in [0, 0.05) is 11.0 Å². The molecule has 4 nitrogen and oxygen atoms in total. The van der Waals surface area contributed by atoms with Crippen LogP contribution in [0.3, 0.4) is 0 Å². The van der Waals surface area contributed by atoms with E-state index in [1.54, 1.807) is 0 Å². The van der Waals surface area contributed by atoms with Gasteiger partial charge in [-0.15, -0.1) is 0 Å². The lowest BCUT2D eigenvalue weighted by Gasteiger charge is -2.17. The van der Waals surface area contributed by atoms with E-state index in [9.17, 15) is 9.59 Å². The molecule has 1 atom stereocenters. The molecular formula is C14H18BrNO3. The largest absolute Gasteiger partial charge is 0.468 e. The number of benzene rings is 1. The molecule has 1 N–H and O–H groups in total. The molecule has 0 aliphatic carbocycles. The summed E-state index contributed by atoms with van der Waals surface area (Å²) in [6.07, 6.45) is 0. The van der Waals surface area contributed by atoms with Crippen LogP contribution in [-0.4, -0.2) is 19.0 Å². The number of nitrogens with one attached hydrogen (secondary N) is 1. The van der Waals surface area contributed by atoms with Crippen molar-refractivity contribution in [3.63, 3.8) is 0 Å². The molecule has 0 spiro atoms. The SMILES string of the molecule is COC(=O)C(C(=O)NCc1cccc(Br)c1)C(C)C. The van der Waals surface area contributed by atoms with Crippen molar-refractivity contribution in [2.45, 2.75) is 20.4 Å². The topological polar surface area (TPSA) is 55.4 Å². The van der Waals surface area contributed by atoms with Gasteiger partial charge < -0.3 is 10.1 Å². The molecule has 0 aromatic heterocycles. The lowest BCUT2D eigenvalue weighted by atomic mass is 9.95. The highest BCUT2D eigenvalue weighted by molar-refractivity contribution is 9.10. The second-order valence-electron chi connectivity index (χ2n) is 4.59. The summed E-state index contributed by atoms with van der Waals surface area (Å²) in [5.74, 6) is -1.67. The highest BCUT2D eigenvalue weighted by atomic mass is 79.9. The zero-order valence-corrected chi connectivity index (χ0v) is 12.9. The fourth-order valence-corrected chi connectivity index (χ4v) is 2.20. The highest BCUT2D eigenvalue weighted by Crippen LogP contribution is 2.14. The van der Waals surface area contributed by atoms with Crippen LogP contribution in [0.2, 0.25) is 0 Å². The Morgan fingerprint density at radius 1 is 1.37 bits per heavy atom. The molecule has 19 heavy (non-hydrogen) atoms. The van der Waals surface area contributed by atoms with Gasteiger partial charge in [-0.2, -0.15) is 0 Å². The Kier molecular flexibility index (Phi) is 6.02. The Labute approximate surface area is 121 Å². The summed E-state index contributed by atoms with van der Waals surface area (Å²) in [5, 5.41) is 2.76. The molecule has 1 rings (SSSR count). The molecule has 5 heteroatoms. The molecule has 0 aliphatic rings. The summed E-state index contributed by atoms with van der Waals surface area (Å²) >= 11 is 3.37. The highest BCUT2D eigenvalue weighted by Gasteiger charge is 2.30. The van der Waals surface area contributed by atoms with Crippen LogP contribution in [-0.2, 0) is 20.9 Å². The molecule has 0 saturated heterocycles. The predicted molar refractivity (Wildman–Crippen MR) is 76.3 cm³/mol. The van der Waals surface area contributed by atoms with Crippen molar-refractivity contribution in [1.29, 1.82) is 0 Å². The molecule has 1 aromatic rings. The van der Waals surface area contributed by atoms with E-state index in [2.05, 4.69) is 26.0 Å². The van der Waals surface area contributed by atoms with Crippen molar-refractivity contribution in [2.75, 3.05) is 7.11 Å². The maximum atomic E-state index is 12.0. The van der Waals surface area contributed by atoms with Crippen molar-refractivity contribution in [3.05, 3.63) is 34.3 Å². The first-order valence-corrected chi connectivity index (χ1v) is 6.85. The summed E-state index contributed by atoms with van der Waals surface area (Å²) in [5.41, 5.74) is 0.968. The second kappa shape index (κ2) is 7.28. The van der Waals surface area contributed by atoms with Crippen LogP contribution in [0.15, 0.2) is 28.7 Å². The van der Waals surface area contributed by atoms with Crippen LogP contribution >= 0.6 is 15.9 Å². The summed E-state index contributed by atoms with van der Waals surface area (Å²) in [6.45, 7) is 4.03. The van der Waals surface area contributed by atoms with Crippen LogP contribution < -0.4 is 5.32 Å². The quantitative estimate of drug-likeness (QED) is 0.667. The lowest BCUT2D eigenvalue weighted by molar-refractivity contribution is -0.151. The van der Waals surface area contributed by atoms with Crippen molar-refractivity contribution < 1.29 is 14.3 Å². The van der Waals surface area contributed by atoms with Crippen molar-refractivity contribution in [2.24, 2.45) is 11.8 Å². The third kappa shape index (κ3) is 4.67. The van der Waals surface area contributed by atoms with Gasteiger partial charge in [0.1, 0.15) is 5.92 Å². The molecule has 0 aliphatic heterocycles. The Morgan fingerprint density at radius 3 is 2.58 bits per heavy atom. The molecule has 1 amide bonds. The molecule has 0 heterocycles. The smallest absolute Gasteiger partial charge is 0.318 e. The van der Waals surface area contributed by atoms with Gasteiger partial charge in [-0.3, -0.25) is 9.59 Å². The Morgan fingerprint density at radius 2 is 2.05 bits per heavy atom. The normalized spacial score (nSPS) is 12.1. The van der Waals surface area contributed by atoms with Gasteiger partial charge in [-0.05, 0) is 23.6 Å². The molecule has 0 saturated carbocycles. The van der Waals surface area contributed by atoms with E-state index in [1.807, 2.05) is 38.1 Å². The average Bonchev–Trinajstić information content (AvgIpc) is 2.36. The van der Waals surface area contributed by atoms with Gasteiger partial charge in [-0.1, -0.05) is 41.9 Å². The molecule has 1 unspecified atom stereocenters. The molecule has 0 fully saturated rings. The molecule has 0 radical (unpaired) electrons. The molecular weight excluding hydrogens is 310 g/mol. The minimum atomic E-state index is -0.767. The van der Waals surface area contributed by atoms with Crippen LogP contribution in [0.25, 0.3) is 0 Å². The van der Waals surface area contributed by atoms with Gasteiger partial charge >= 0.3 is 5.97 Å². The number of carbonyl (C=O) groups excluding carboxylic acids is 2. The fourth-order valence-electron chi connectivity index (χ4n) is 1.75. The summed E-state index contributed by atoms with van der Waals surface area (Å²) in [4.78, 5) is 23.6. The first-order valence-electron chi connectivity index (χ1n) is 6.05. The van der Waals surface area contributed by atoms with Gasteiger partial charge in [0.2, 0.25) is 5.91 Å². The van der Waals surface area contributed by atoms with E-state index >= 15 is 0 Å². The number of esters is 1. The Bertz CT molecular complexity index is 460. The third-order valence-corrected chi connectivity index (χ3v) is 3.25. The van der Waals surface area contributed by atoms with Crippen molar-refractivity contribution in [1.82, 2.24) is 5.32 Å². The van der Waals surface area contributed by atoms with Gasteiger partial charge in [0.05, 0.1) is 7.11 Å². The number of methoxy groups -OCH3 is 1. The van der Waals surface area contributed by atoms with E-state index in [4.69, 9.17) is 0 Å². The molecule has 1 aromatic carbocycles. The van der Waals surface area contributed by atoms with Crippen LogP contribution in [0.4, 0.5) is 0 Å². The van der Waals surface area contributed by atoms with Crippen molar-refractivity contribution in [3.8, 4) is 0 Å². The third-order valence-electron chi connectivity index (χ3n) is 2.76. The maximum absolute atomic E-state index is 12.0. The lowest BCUT2D eigenvalue weighted by Crippen LogP contribution is -2.38. The average molecular weight is 328 g/mol. The number of ether oxygens (including phenoxy) is 1. The van der Waals surface area contributed by atoms with Crippen molar-refractivity contribution >= 4 is 27.8 Å². The van der Waals surface area contributed by atoms with E-state index in [0.717, 1.165) is 10.0 Å². The summed E-state index contributed by atoms with van der Waals surface area (Å²) < 4.78 is 5.61. The second-order valence-corrected chi connectivity index (χ2v) is 5.51. The number of hydrogen-bond donors (Lipinski definition) is 1. The first kappa shape index (κ1) is 15.7. The summed E-state index contributed by atoms with van der Waals surface area (Å²) in [6, 6.07) is 7.64. The predicted octanol–water partition coefficient (Wildman–Crippen LogP) is 2.51. The zero-order chi connectivity index (χ0) is 14.4. The number of amides is 1. The van der Waals surface area contributed by atoms with Gasteiger partial charge in [0.15, 0.2) is 0 Å². The van der Waals surface area contributed by atoms with E-state index < -0.39 is 11.9 Å². The first-order chi connectivity index (χ1) is 8.95. The maximum Gasteiger partial charge on any atom is 0.318 e. The minimum Gasteiger partial charge on any atom is -0.468 e. The van der Waals surface area contributed by atoms with E-state index in [-0.39, 0.29) is 11.8 Å². The Hall–Kier alpha value is -1.36. The van der Waals surface area contributed by atoms with Gasteiger partial charge in [-0.25, -0.2) is 0 Å². The Balaban J connectivity index is 2.65. The van der Waals surface area contributed by atoms with Crippen LogP contribution in [0, 0.1) is 11.8 Å².